The Labute approximate surface area is 125 Å². The molecule has 1 saturated heterocycles. The molecule has 0 saturated carbocycles. The van der Waals surface area contributed by atoms with Gasteiger partial charge >= 0.3 is 0 Å². The van der Waals surface area contributed by atoms with Gasteiger partial charge in [-0.05, 0) is 37.5 Å². The molecule has 1 fully saturated rings. The first-order valence-electron chi connectivity index (χ1n) is 6.63. The van der Waals surface area contributed by atoms with Gasteiger partial charge in [0.1, 0.15) is 0 Å². The molecular formula is C14H20ClNO3S. The van der Waals surface area contributed by atoms with Crippen LogP contribution in [0, 0.1) is 6.92 Å². The van der Waals surface area contributed by atoms with Crippen LogP contribution in [0.15, 0.2) is 23.1 Å². The average Bonchev–Trinajstić information content (AvgIpc) is 2.84. The summed E-state index contributed by atoms with van der Waals surface area (Å²) in [5, 5.41) is 0. The summed E-state index contributed by atoms with van der Waals surface area (Å²) in [4.78, 5) is 0.331. The predicted octanol–water partition coefficient (Wildman–Crippen LogP) is 2.53. The number of likely N-dealkylation sites (N-methyl/N-ethyl adjacent to an activating group) is 1. The Kier molecular flexibility index (Phi) is 4.74. The molecule has 1 aliphatic heterocycles. The fourth-order valence-electron chi connectivity index (χ4n) is 2.62. The highest BCUT2D eigenvalue weighted by Crippen LogP contribution is 2.28. The minimum atomic E-state index is -3.52. The number of nitrogens with zero attached hydrogens (tertiary/aromatic N) is 1. The second kappa shape index (κ2) is 6.02. The van der Waals surface area contributed by atoms with Gasteiger partial charge in [0.15, 0.2) is 0 Å². The van der Waals surface area contributed by atoms with Crippen LogP contribution < -0.4 is 0 Å². The third kappa shape index (κ3) is 2.72. The third-order valence-electron chi connectivity index (χ3n) is 4.00. The van der Waals surface area contributed by atoms with Crippen molar-refractivity contribution in [1.82, 2.24) is 4.31 Å². The summed E-state index contributed by atoms with van der Waals surface area (Å²) in [5.74, 6) is 0.307. The highest BCUT2D eigenvalue weighted by atomic mass is 35.5. The lowest BCUT2D eigenvalue weighted by atomic mass is 10.1. The molecule has 1 aliphatic rings. The standard InChI is InChI=1S/C14H20ClNO3S/c1-10-12(9-15)5-4-6-14(10)20(17,18)16(3)13-7-8-19-11(13)2/h4-6,11,13H,7-9H2,1-3H3. The number of alkyl halides is 1. The molecule has 1 aromatic rings. The van der Waals surface area contributed by atoms with E-state index in [-0.39, 0.29) is 12.1 Å². The van der Waals surface area contributed by atoms with Gasteiger partial charge < -0.3 is 4.74 Å². The molecule has 2 rings (SSSR count). The van der Waals surface area contributed by atoms with E-state index in [0.717, 1.165) is 17.5 Å². The first-order valence-corrected chi connectivity index (χ1v) is 8.61. The number of hydrogen-bond acceptors (Lipinski definition) is 3. The molecule has 0 bridgehead atoms. The fraction of sp³-hybridized carbons (Fsp3) is 0.571. The van der Waals surface area contributed by atoms with E-state index in [1.54, 1.807) is 26.1 Å². The SMILES string of the molecule is Cc1c(CCl)cccc1S(=O)(=O)N(C)C1CCOC1C. The van der Waals surface area contributed by atoms with E-state index in [1.807, 2.05) is 13.0 Å². The molecule has 0 amide bonds. The van der Waals surface area contributed by atoms with Crippen molar-refractivity contribution in [3.8, 4) is 0 Å². The van der Waals surface area contributed by atoms with Crippen molar-refractivity contribution < 1.29 is 13.2 Å². The van der Waals surface area contributed by atoms with Crippen LogP contribution in [-0.4, -0.2) is 38.5 Å². The molecule has 0 N–H and O–H groups in total. The van der Waals surface area contributed by atoms with E-state index >= 15 is 0 Å². The summed E-state index contributed by atoms with van der Waals surface area (Å²) in [6.45, 7) is 4.31. The minimum Gasteiger partial charge on any atom is -0.377 e. The zero-order valence-electron chi connectivity index (χ0n) is 12.0. The van der Waals surface area contributed by atoms with Crippen molar-refractivity contribution >= 4 is 21.6 Å². The monoisotopic (exact) mass is 317 g/mol. The average molecular weight is 318 g/mol. The van der Waals surface area contributed by atoms with Gasteiger partial charge in [0.25, 0.3) is 0 Å². The second-order valence-corrected chi connectivity index (χ2v) is 7.36. The van der Waals surface area contributed by atoms with Crippen LogP contribution in [0.1, 0.15) is 24.5 Å². The number of halogens is 1. The maximum absolute atomic E-state index is 12.8. The van der Waals surface area contributed by atoms with Gasteiger partial charge in [-0.2, -0.15) is 4.31 Å². The largest absolute Gasteiger partial charge is 0.377 e. The van der Waals surface area contributed by atoms with Gasteiger partial charge in [0, 0.05) is 19.5 Å². The Morgan fingerprint density at radius 2 is 2.15 bits per heavy atom. The Morgan fingerprint density at radius 1 is 1.45 bits per heavy atom. The third-order valence-corrected chi connectivity index (χ3v) is 6.32. The van der Waals surface area contributed by atoms with E-state index < -0.39 is 10.0 Å². The Morgan fingerprint density at radius 3 is 2.70 bits per heavy atom. The van der Waals surface area contributed by atoms with Crippen molar-refractivity contribution in [2.45, 2.75) is 43.2 Å². The van der Waals surface area contributed by atoms with Crippen molar-refractivity contribution in [2.24, 2.45) is 0 Å². The van der Waals surface area contributed by atoms with Crippen molar-refractivity contribution in [2.75, 3.05) is 13.7 Å². The number of ether oxygens (including phenoxy) is 1. The number of benzene rings is 1. The van der Waals surface area contributed by atoms with Crippen LogP contribution in [0.2, 0.25) is 0 Å². The Bertz CT molecular complexity index is 588. The molecule has 2 atom stereocenters. The number of hydrogen-bond donors (Lipinski definition) is 0. The smallest absolute Gasteiger partial charge is 0.243 e. The maximum Gasteiger partial charge on any atom is 0.243 e. The molecule has 0 aliphatic carbocycles. The molecule has 6 heteroatoms. The minimum absolute atomic E-state index is 0.0775. The summed E-state index contributed by atoms with van der Waals surface area (Å²) in [6, 6.07) is 5.11. The zero-order valence-corrected chi connectivity index (χ0v) is 13.5. The summed E-state index contributed by atoms with van der Waals surface area (Å²) in [5.41, 5.74) is 1.57. The van der Waals surface area contributed by atoms with Crippen LogP contribution in [-0.2, 0) is 20.6 Å². The van der Waals surface area contributed by atoms with E-state index in [4.69, 9.17) is 16.3 Å². The zero-order chi connectivity index (χ0) is 14.9. The van der Waals surface area contributed by atoms with E-state index in [2.05, 4.69) is 0 Å². The summed E-state index contributed by atoms with van der Waals surface area (Å²) in [7, 11) is -1.90. The molecule has 4 nitrogen and oxygen atoms in total. The van der Waals surface area contributed by atoms with Gasteiger partial charge in [-0.3, -0.25) is 0 Å². The molecule has 20 heavy (non-hydrogen) atoms. The van der Waals surface area contributed by atoms with Crippen LogP contribution >= 0.6 is 11.6 Å². The Balaban J connectivity index is 2.40. The van der Waals surface area contributed by atoms with Gasteiger partial charge in [-0.1, -0.05) is 12.1 Å². The van der Waals surface area contributed by atoms with Crippen LogP contribution in [0.4, 0.5) is 0 Å². The predicted molar refractivity (Wildman–Crippen MR) is 79.5 cm³/mol. The summed E-state index contributed by atoms with van der Waals surface area (Å²) in [6.07, 6.45) is 0.650. The van der Waals surface area contributed by atoms with Crippen molar-refractivity contribution in [1.29, 1.82) is 0 Å². The van der Waals surface area contributed by atoms with Gasteiger partial charge in [0.05, 0.1) is 17.0 Å². The molecule has 0 radical (unpaired) electrons. The first kappa shape index (κ1) is 15.8. The molecule has 2 unspecified atom stereocenters. The molecular weight excluding hydrogens is 298 g/mol. The quantitative estimate of drug-likeness (QED) is 0.802. The Hall–Kier alpha value is -0.620. The topological polar surface area (TPSA) is 46.6 Å². The summed E-state index contributed by atoms with van der Waals surface area (Å²) >= 11 is 5.86. The van der Waals surface area contributed by atoms with Crippen molar-refractivity contribution in [3.05, 3.63) is 29.3 Å². The highest BCUT2D eigenvalue weighted by molar-refractivity contribution is 7.89. The lowest BCUT2D eigenvalue weighted by molar-refractivity contribution is 0.102. The second-order valence-electron chi connectivity index (χ2n) is 5.13. The first-order chi connectivity index (χ1) is 9.39. The van der Waals surface area contributed by atoms with Crippen LogP contribution in [0.25, 0.3) is 0 Å². The summed E-state index contributed by atoms with van der Waals surface area (Å²) < 4.78 is 32.5. The lowest BCUT2D eigenvalue weighted by Gasteiger charge is -2.27. The van der Waals surface area contributed by atoms with E-state index in [0.29, 0.717) is 17.4 Å². The van der Waals surface area contributed by atoms with Crippen LogP contribution in [0.5, 0.6) is 0 Å². The maximum atomic E-state index is 12.8. The van der Waals surface area contributed by atoms with Gasteiger partial charge in [0.2, 0.25) is 10.0 Å². The number of sulfonamides is 1. The van der Waals surface area contributed by atoms with Crippen molar-refractivity contribution in [3.63, 3.8) is 0 Å². The van der Waals surface area contributed by atoms with Gasteiger partial charge in [-0.15, -0.1) is 11.6 Å². The lowest BCUT2D eigenvalue weighted by Crippen LogP contribution is -2.41. The molecule has 1 heterocycles. The van der Waals surface area contributed by atoms with Gasteiger partial charge in [-0.25, -0.2) is 8.42 Å². The molecule has 112 valence electrons. The molecule has 1 aromatic carbocycles. The van der Waals surface area contributed by atoms with E-state index in [1.165, 1.54) is 4.31 Å². The normalized spacial score (nSPS) is 23.4. The molecule has 0 aromatic heterocycles. The van der Waals surface area contributed by atoms with Crippen LogP contribution in [0.3, 0.4) is 0 Å². The molecule has 0 spiro atoms. The highest BCUT2D eigenvalue weighted by Gasteiger charge is 2.35. The number of rotatable bonds is 4. The fourth-order valence-corrected chi connectivity index (χ4v) is 4.62. The van der Waals surface area contributed by atoms with E-state index in [9.17, 15) is 8.42 Å².